The van der Waals surface area contributed by atoms with E-state index >= 15 is 0 Å². The molecule has 256 valence electrons. The molecule has 0 bridgehead atoms. The maximum Gasteiger partial charge on any atom is 0.411 e. The lowest BCUT2D eigenvalue weighted by atomic mass is 9.85. The van der Waals surface area contributed by atoms with Crippen molar-refractivity contribution in [3.63, 3.8) is 0 Å². The predicted molar refractivity (Wildman–Crippen MR) is 174 cm³/mol. The van der Waals surface area contributed by atoms with Crippen LogP contribution in [-0.4, -0.2) is 121 Å². The van der Waals surface area contributed by atoms with Crippen LogP contribution in [0.1, 0.15) is 60.8 Å². The molecule has 6 N–H and O–H groups in total. The molecule has 0 aliphatic carbocycles. The molecule has 0 spiro atoms. The van der Waals surface area contributed by atoms with Crippen molar-refractivity contribution in [2.45, 2.75) is 124 Å². The summed E-state index contributed by atoms with van der Waals surface area (Å²) in [6.07, 6.45) is -2.14. The second-order valence-corrected chi connectivity index (χ2v) is 17.2. The van der Waals surface area contributed by atoms with Gasteiger partial charge in [-0.15, -0.1) is 22.0 Å². The quantitative estimate of drug-likeness (QED) is 0.238. The van der Waals surface area contributed by atoms with Gasteiger partial charge < -0.3 is 40.6 Å². The van der Waals surface area contributed by atoms with Gasteiger partial charge in [-0.25, -0.2) is 4.79 Å². The van der Waals surface area contributed by atoms with Crippen molar-refractivity contribution in [3.8, 4) is 0 Å². The van der Waals surface area contributed by atoms with E-state index in [2.05, 4.69) is 29.4 Å². The fraction of sp³-hybridized carbons (Fsp3) is 0.862. The van der Waals surface area contributed by atoms with Gasteiger partial charge in [0.05, 0.1) is 12.1 Å². The zero-order valence-corrected chi connectivity index (χ0v) is 29.4. The van der Waals surface area contributed by atoms with Crippen LogP contribution in [0.2, 0.25) is 0 Å². The molecule has 3 aliphatic rings. The largest absolute Gasteiger partial charge is 0.444 e. The number of rotatable bonds is 9. The van der Waals surface area contributed by atoms with Gasteiger partial charge in [0.25, 0.3) is 0 Å². The lowest BCUT2D eigenvalue weighted by Crippen LogP contribution is -2.66. The average Bonchev–Trinajstić information content (AvgIpc) is 3.46. The molecule has 4 rings (SSSR count). The molecular formula is C29H49N5O8S3. The molecule has 0 radical (unpaired) electrons. The second-order valence-electron chi connectivity index (χ2n) is 13.6. The van der Waals surface area contributed by atoms with E-state index in [1.807, 2.05) is 6.92 Å². The third kappa shape index (κ3) is 8.95. The number of thioether (sulfide) groups is 2. The number of ether oxygens (including phenoxy) is 3. The molecule has 13 nitrogen and oxygen atoms in total. The highest BCUT2D eigenvalue weighted by Crippen LogP contribution is 2.39. The molecule has 3 saturated heterocycles. The topological polar surface area (TPSA) is 190 Å². The highest BCUT2D eigenvalue weighted by atomic mass is 32.2. The minimum Gasteiger partial charge on any atom is -0.444 e. The number of nitrogen functional groups attached to an aromatic ring is 1. The summed E-state index contributed by atoms with van der Waals surface area (Å²) in [5.74, 6) is 0.372. The van der Waals surface area contributed by atoms with Gasteiger partial charge in [-0.05, 0) is 58.1 Å². The van der Waals surface area contributed by atoms with Gasteiger partial charge in [-0.3, -0.25) is 9.69 Å². The van der Waals surface area contributed by atoms with Gasteiger partial charge in [0.2, 0.25) is 11.0 Å². The Morgan fingerprint density at radius 2 is 1.89 bits per heavy atom. The van der Waals surface area contributed by atoms with Crippen molar-refractivity contribution in [2.24, 2.45) is 17.8 Å². The first kappa shape index (κ1) is 36.4. The Kier molecular flexibility index (Phi) is 12.3. The molecule has 45 heavy (non-hydrogen) atoms. The lowest BCUT2D eigenvalue weighted by molar-refractivity contribution is -0.205. The zero-order valence-electron chi connectivity index (χ0n) is 27.0. The van der Waals surface area contributed by atoms with E-state index in [1.165, 1.54) is 39.8 Å². The first-order valence-electron chi connectivity index (χ1n) is 15.5. The van der Waals surface area contributed by atoms with Gasteiger partial charge in [0, 0.05) is 24.3 Å². The summed E-state index contributed by atoms with van der Waals surface area (Å²) in [5.41, 5.74) is 4.18. The fourth-order valence-corrected chi connectivity index (χ4v) is 9.22. The van der Waals surface area contributed by atoms with Crippen LogP contribution in [0.3, 0.4) is 0 Å². The van der Waals surface area contributed by atoms with E-state index in [0.29, 0.717) is 29.3 Å². The van der Waals surface area contributed by atoms with Crippen LogP contribution in [0.15, 0.2) is 4.34 Å². The number of anilines is 1. The first-order chi connectivity index (χ1) is 21.1. The van der Waals surface area contributed by atoms with Crippen molar-refractivity contribution >= 4 is 52.0 Å². The third-order valence-electron chi connectivity index (χ3n) is 8.43. The summed E-state index contributed by atoms with van der Waals surface area (Å²) in [5, 5.41) is 43.2. The molecule has 3 aliphatic heterocycles. The smallest absolute Gasteiger partial charge is 0.411 e. The van der Waals surface area contributed by atoms with Crippen molar-refractivity contribution in [2.75, 3.05) is 25.1 Å². The number of amides is 2. The Morgan fingerprint density at radius 1 is 1.18 bits per heavy atom. The lowest BCUT2D eigenvalue weighted by Gasteiger charge is -2.44. The number of aliphatic hydroxyl groups excluding tert-OH is 3. The summed E-state index contributed by atoms with van der Waals surface area (Å²) in [7, 11) is 0. The van der Waals surface area contributed by atoms with Crippen LogP contribution in [0.5, 0.6) is 0 Å². The van der Waals surface area contributed by atoms with E-state index in [9.17, 15) is 24.9 Å². The van der Waals surface area contributed by atoms with Crippen LogP contribution in [0.25, 0.3) is 0 Å². The van der Waals surface area contributed by atoms with Crippen LogP contribution >= 0.6 is 34.9 Å². The minimum absolute atomic E-state index is 0.0662. The van der Waals surface area contributed by atoms with Crippen molar-refractivity contribution in [1.82, 2.24) is 20.4 Å². The number of hydrogen-bond acceptors (Lipinski definition) is 14. The molecule has 16 heteroatoms. The average molecular weight is 692 g/mol. The van der Waals surface area contributed by atoms with Crippen molar-refractivity contribution in [1.29, 1.82) is 0 Å². The maximum absolute atomic E-state index is 14.4. The maximum atomic E-state index is 14.4. The molecule has 4 heterocycles. The number of nitrogens with two attached hydrogens (primary N) is 1. The highest BCUT2D eigenvalue weighted by molar-refractivity contribution is 8.01. The van der Waals surface area contributed by atoms with Crippen LogP contribution in [-0.2, 0) is 19.0 Å². The molecule has 0 aromatic carbocycles. The molecule has 0 saturated carbocycles. The number of aliphatic hydroxyl groups is 3. The third-order valence-corrected chi connectivity index (χ3v) is 11.3. The standard InChI is InChI=1S/C29H49N5O8S3/c1-13(2)10-15-8-9-40-22-16(11-15)12-34(28(39)42-29(4,5)6)18(22)24(38)31-17(14(3)44-27-33-32-26(30)45-27)23-20(36)19(35)21(37)25(41-23)43-7/h13-23,25,35-37H,8-12H2,1-7H3,(H2,30,32)(H,31,38)/t14-,15-,16-,17+,18-,19?,20?,21+,22+,23+,25?/m0/s1. The Bertz CT molecular complexity index is 1150. The number of likely N-dealkylation sites (tertiary alicyclic amines) is 1. The summed E-state index contributed by atoms with van der Waals surface area (Å²) >= 11 is 3.65. The van der Waals surface area contributed by atoms with E-state index in [1.54, 1.807) is 27.0 Å². The summed E-state index contributed by atoms with van der Waals surface area (Å²) in [6.45, 7) is 12.3. The Balaban J connectivity index is 1.65. The van der Waals surface area contributed by atoms with Crippen LogP contribution in [0, 0.1) is 17.8 Å². The monoisotopic (exact) mass is 691 g/mol. The Morgan fingerprint density at radius 3 is 2.49 bits per heavy atom. The predicted octanol–water partition coefficient (Wildman–Crippen LogP) is 2.33. The molecule has 11 atom stereocenters. The number of nitrogens with zero attached hydrogens (tertiary/aromatic N) is 3. The van der Waals surface area contributed by atoms with Gasteiger partial charge in [-0.1, -0.05) is 43.9 Å². The second kappa shape index (κ2) is 15.2. The van der Waals surface area contributed by atoms with Gasteiger partial charge >= 0.3 is 6.09 Å². The van der Waals surface area contributed by atoms with Crippen LogP contribution < -0.4 is 11.1 Å². The molecular weight excluding hydrogens is 643 g/mol. The zero-order chi connectivity index (χ0) is 33.2. The number of nitrogens with one attached hydrogen (secondary N) is 1. The highest BCUT2D eigenvalue weighted by Gasteiger charge is 2.53. The molecule has 2 amide bonds. The van der Waals surface area contributed by atoms with Crippen molar-refractivity contribution < 1.29 is 39.1 Å². The van der Waals surface area contributed by atoms with E-state index in [-0.39, 0.29) is 11.0 Å². The van der Waals surface area contributed by atoms with Gasteiger partial charge in [0.15, 0.2) is 4.34 Å². The minimum atomic E-state index is -1.51. The summed E-state index contributed by atoms with van der Waals surface area (Å²) in [6, 6.07) is -1.88. The van der Waals surface area contributed by atoms with Gasteiger partial charge in [-0.2, -0.15) is 0 Å². The number of carbonyl (C=O) groups is 2. The summed E-state index contributed by atoms with van der Waals surface area (Å²) in [4.78, 5) is 29.4. The van der Waals surface area contributed by atoms with E-state index in [4.69, 9.17) is 19.9 Å². The Hall–Kier alpha value is -1.40. The van der Waals surface area contributed by atoms with Gasteiger partial charge in [0.1, 0.15) is 41.5 Å². The van der Waals surface area contributed by atoms with Crippen molar-refractivity contribution in [3.05, 3.63) is 0 Å². The van der Waals surface area contributed by atoms with E-state index < -0.39 is 70.9 Å². The first-order valence-corrected chi connectivity index (χ1v) is 18.5. The number of fused-ring (bicyclic) bond motifs is 1. The van der Waals surface area contributed by atoms with E-state index in [0.717, 1.165) is 19.3 Å². The molecule has 1 aromatic rings. The number of carbonyl (C=O) groups excluding carboxylic acids is 2. The molecule has 3 fully saturated rings. The number of aromatic nitrogens is 2. The Labute approximate surface area is 277 Å². The normalized spacial score (nSPS) is 33.8. The fourth-order valence-electron chi connectivity index (χ4n) is 6.52. The van der Waals surface area contributed by atoms with Crippen LogP contribution in [0.4, 0.5) is 9.93 Å². The number of hydrogen-bond donors (Lipinski definition) is 5. The molecule has 3 unspecified atom stereocenters. The summed E-state index contributed by atoms with van der Waals surface area (Å²) < 4.78 is 18.8. The molecule has 1 aromatic heterocycles. The SMILES string of the molecule is CSC1O[C@H]([C@H](NC(=O)[C@@H]2[C@@H]3OCC[C@@H](CC(C)C)C[C@H]3CN2C(=O)OC(C)(C)C)[C@H](C)Sc2nnc(N)s2)C(O)C(O)[C@H]1O.